The van der Waals surface area contributed by atoms with Crippen LogP contribution in [-0.2, 0) is 16.8 Å². The number of aromatic amines is 1. The van der Waals surface area contributed by atoms with Crippen LogP contribution >= 0.6 is 23.8 Å². The van der Waals surface area contributed by atoms with Gasteiger partial charge in [0.05, 0.1) is 0 Å². The molecule has 3 aromatic rings. The summed E-state index contributed by atoms with van der Waals surface area (Å²) in [5.74, 6) is 0.199. The second-order valence-corrected chi connectivity index (χ2v) is 8.89. The van der Waals surface area contributed by atoms with E-state index < -0.39 is 0 Å². The molecule has 0 aliphatic heterocycles. The van der Waals surface area contributed by atoms with Crippen molar-refractivity contribution in [3.8, 4) is 11.4 Å². The van der Waals surface area contributed by atoms with Crippen LogP contribution in [0.25, 0.3) is 11.4 Å². The van der Waals surface area contributed by atoms with Crippen molar-refractivity contribution in [3.63, 3.8) is 0 Å². The van der Waals surface area contributed by atoms with Gasteiger partial charge in [0.1, 0.15) is 12.4 Å². The standard InChI is InChI=1S/C23H24ClFN4OS/c24-18-8-4-16(5-9-18)21-27-28-22(31)29(21)14-20(30)26-15-23(12-2-1-3-13-23)17-6-10-19(25)11-7-17/h4-11H,1-3,12-15H2,(H,26,30)(H,28,31). The highest BCUT2D eigenvalue weighted by atomic mass is 35.5. The zero-order valence-corrected chi connectivity index (χ0v) is 18.6. The maximum Gasteiger partial charge on any atom is 0.240 e. The number of carbonyl (C=O) groups is 1. The predicted octanol–water partition coefficient (Wildman–Crippen LogP) is 5.42. The van der Waals surface area contributed by atoms with Crippen LogP contribution in [-0.4, -0.2) is 27.2 Å². The van der Waals surface area contributed by atoms with E-state index >= 15 is 0 Å². The fourth-order valence-electron chi connectivity index (χ4n) is 4.35. The number of hydrogen-bond acceptors (Lipinski definition) is 3. The van der Waals surface area contributed by atoms with Crippen molar-refractivity contribution in [1.82, 2.24) is 20.1 Å². The van der Waals surface area contributed by atoms with Crippen molar-refractivity contribution >= 4 is 29.7 Å². The zero-order valence-electron chi connectivity index (χ0n) is 17.0. The SMILES string of the molecule is O=C(Cn1c(-c2ccc(Cl)cc2)n[nH]c1=S)NCC1(c2ccc(F)cc2)CCCCC1. The molecule has 1 aliphatic rings. The second kappa shape index (κ2) is 9.32. The van der Waals surface area contributed by atoms with Crippen molar-refractivity contribution in [1.29, 1.82) is 0 Å². The van der Waals surface area contributed by atoms with E-state index in [4.69, 9.17) is 23.8 Å². The average molecular weight is 459 g/mol. The van der Waals surface area contributed by atoms with E-state index in [1.807, 2.05) is 24.3 Å². The Bertz CT molecular complexity index is 1100. The monoisotopic (exact) mass is 458 g/mol. The molecule has 162 valence electrons. The predicted molar refractivity (Wildman–Crippen MR) is 122 cm³/mol. The number of H-pyrrole nitrogens is 1. The van der Waals surface area contributed by atoms with Gasteiger partial charge in [0.25, 0.3) is 0 Å². The molecule has 31 heavy (non-hydrogen) atoms. The smallest absolute Gasteiger partial charge is 0.240 e. The summed E-state index contributed by atoms with van der Waals surface area (Å²) in [7, 11) is 0. The van der Waals surface area contributed by atoms with Gasteiger partial charge >= 0.3 is 0 Å². The molecule has 4 rings (SSSR count). The lowest BCUT2D eigenvalue weighted by atomic mass is 9.69. The van der Waals surface area contributed by atoms with E-state index in [1.165, 1.54) is 18.6 Å². The van der Waals surface area contributed by atoms with Crippen LogP contribution in [0.5, 0.6) is 0 Å². The molecule has 0 bridgehead atoms. The Hall–Kier alpha value is -2.51. The third kappa shape index (κ3) is 4.88. The molecule has 1 aliphatic carbocycles. The average Bonchev–Trinajstić information content (AvgIpc) is 3.14. The summed E-state index contributed by atoms with van der Waals surface area (Å²) in [4.78, 5) is 12.9. The van der Waals surface area contributed by atoms with Crippen LogP contribution < -0.4 is 5.32 Å². The summed E-state index contributed by atoms with van der Waals surface area (Å²) in [6.45, 7) is 0.575. The molecule has 1 amide bonds. The molecular formula is C23H24ClFN4OS. The van der Waals surface area contributed by atoms with E-state index in [0.29, 0.717) is 22.2 Å². The molecule has 1 fully saturated rings. The lowest BCUT2D eigenvalue weighted by Crippen LogP contribution is -2.43. The van der Waals surface area contributed by atoms with Crippen LogP contribution in [0, 0.1) is 10.6 Å². The third-order valence-electron chi connectivity index (χ3n) is 6.05. The van der Waals surface area contributed by atoms with Gasteiger partial charge in [-0.15, -0.1) is 0 Å². The fraction of sp³-hybridized carbons (Fsp3) is 0.348. The lowest BCUT2D eigenvalue weighted by molar-refractivity contribution is -0.122. The molecule has 0 atom stereocenters. The third-order valence-corrected chi connectivity index (χ3v) is 6.62. The first kappa shape index (κ1) is 21.7. The number of amides is 1. The molecular weight excluding hydrogens is 435 g/mol. The van der Waals surface area contributed by atoms with E-state index in [2.05, 4.69) is 15.5 Å². The van der Waals surface area contributed by atoms with Crippen molar-refractivity contribution in [3.05, 3.63) is 69.7 Å². The number of aromatic nitrogens is 3. The Morgan fingerprint density at radius 1 is 1.13 bits per heavy atom. The molecule has 0 unspecified atom stereocenters. The molecule has 2 aromatic carbocycles. The van der Waals surface area contributed by atoms with Crippen LogP contribution in [0.3, 0.4) is 0 Å². The first-order chi connectivity index (χ1) is 15.0. The maximum absolute atomic E-state index is 13.4. The van der Waals surface area contributed by atoms with Gasteiger partial charge in [0.2, 0.25) is 5.91 Å². The number of halogens is 2. The van der Waals surface area contributed by atoms with Gasteiger partial charge in [-0.3, -0.25) is 14.5 Å². The molecule has 2 N–H and O–H groups in total. The topological polar surface area (TPSA) is 62.7 Å². The van der Waals surface area contributed by atoms with Crippen LogP contribution in [0.2, 0.25) is 5.02 Å². The summed E-state index contributed by atoms with van der Waals surface area (Å²) in [5.41, 5.74) is 1.73. The Kier molecular flexibility index (Phi) is 6.53. The molecule has 0 radical (unpaired) electrons. The van der Waals surface area contributed by atoms with Crippen molar-refractivity contribution in [2.24, 2.45) is 0 Å². The summed E-state index contributed by atoms with van der Waals surface area (Å²) in [5, 5.41) is 10.8. The Balaban J connectivity index is 1.50. The van der Waals surface area contributed by atoms with Crippen molar-refractivity contribution < 1.29 is 9.18 Å². The van der Waals surface area contributed by atoms with Crippen molar-refractivity contribution in [2.75, 3.05) is 6.54 Å². The highest BCUT2D eigenvalue weighted by molar-refractivity contribution is 7.71. The van der Waals surface area contributed by atoms with E-state index in [0.717, 1.165) is 36.8 Å². The minimum absolute atomic E-state index is 0.0623. The van der Waals surface area contributed by atoms with E-state index in [9.17, 15) is 9.18 Å². The summed E-state index contributed by atoms with van der Waals surface area (Å²) < 4.78 is 15.5. The number of carbonyl (C=O) groups excluding carboxylic acids is 1. The number of nitrogens with one attached hydrogen (secondary N) is 2. The molecule has 5 nitrogen and oxygen atoms in total. The fourth-order valence-corrected chi connectivity index (χ4v) is 4.67. The molecule has 0 spiro atoms. The van der Waals surface area contributed by atoms with Crippen LogP contribution in [0.15, 0.2) is 48.5 Å². The van der Waals surface area contributed by atoms with Gasteiger partial charge in [-0.1, -0.05) is 43.0 Å². The molecule has 1 heterocycles. The Morgan fingerprint density at radius 3 is 2.48 bits per heavy atom. The molecule has 1 saturated carbocycles. The maximum atomic E-state index is 13.4. The first-order valence-electron chi connectivity index (χ1n) is 10.4. The lowest BCUT2D eigenvalue weighted by Gasteiger charge is -2.38. The highest BCUT2D eigenvalue weighted by Crippen LogP contribution is 2.39. The minimum atomic E-state index is -0.247. The quantitative estimate of drug-likeness (QED) is 0.485. The van der Waals surface area contributed by atoms with E-state index in [-0.39, 0.29) is 23.7 Å². The van der Waals surface area contributed by atoms with Gasteiger partial charge < -0.3 is 5.32 Å². The normalized spacial score (nSPS) is 15.5. The van der Waals surface area contributed by atoms with Gasteiger partial charge in [-0.2, -0.15) is 5.10 Å². The first-order valence-corrected chi connectivity index (χ1v) is 11.2. The van der Waals surface area contributed by atoms with Gasteiger partial charge in [-0.25, -0.2) is 4.39 Å². The van der Waals surface area contributed by atoms with Crippen LogP contribution in [0.4, 0.5) is 4.39 Å². The summed E-state index contributed by atoms with van der Waals surface area (Å²) in [6, 6.07) is 13.9. The van der Waals surface area contributed by atoms with Gasteiger partial charge in [0, 0.05) is 22.5 Å². The molecule has 8 heteroatoms. The second-order valence-electron chi connectivity index (χ2n) is 8.07. The molecule has 0 saturated heterocycles. The minimum Gasteiger partial charge on any atom is -0.354 e. The summed E-state index contributed by atoms with van der Waals surface area (Å²) >= 11 is 11.3. The van der Waals surface area contributed by atoms with E-state index in [1.54, 1.807) is 16.7 Å². The zero-order chi connectivity index (χ0) is 21.8. The molecule has 1 aromatic heterocycles. The largest absolute Gasteiger partial charge is 0.354 e. The van der Waals surface area contributed by atoms with Gasteiger partial charge in [-0.05, 0) is 67.0 Å². The number of nitrogens with zero attached hydrogens (tertiary/aromatic N) is 2. The van der Waals surface area contributed by atoms with Crippen LogP contribution in [0.1, 0.15) is 37.7 Å². The highest BCUT2D eigenvalue weighted by Gasteiger charge is 2.34. The summed E-state index contributed by atoms with van der Waals surface area (Å²) in [6.07, 6.45) is 5.33. The Morgan fingerprint density at radius 2 is 1.81 bits per heavy atom. The Labute approximate surface area is 190 Å². The van der Waals surface area contributed by atoms with Crippen molar-refractivity contribution in [2.45, 2.75) is 44.1 Å². The number of benzene rings is 2. The number of hydrogen-bond donors (Lipinski definition) is 2. The van der Waals surface area contributed by atoms with Gasteiger partial charge in [0.15, 0.2) is 10.6 Å². The number of rotatable bonds is 6.